The normalized spacial score (nSPS) is 40.1. The number of rotatable bonds is 8. The molecule has 4 nitrogen and oxygen atoms in total. The Kier molecular flexibility index (Phi) is 7.56. The van der Waals surface area contributed by atoms with Crippen LogP contribution in [0.25, 0.3) is 0 Å². The topological polar surface area (TPSA) is 63.6 Å². The SMILES string of the molecule is CC(C)CCC[C@@H](C)C1CC[C@H]2[C@@H]3CC=C4C[C@@H](OC(=O)CC(=O)O)CC[C@]4(C)[C@H]3CC[C@]12C. The molecule has 0 radical (unpaired) electrons. The zero-order chi connectivity index (χ0) is 24.7. The molecule has 1 N–H and O–H groups in total. The number of aliphatic carboxylic acids is 1. The summed E-state index contributed by atoms with van der Waals surface area (Å²) in [6, 6.07) is 0. The third kappa shape index (κ3) is 4.85. The van der Waals surface area contributed by atoms with Gasteiger partial charge in [0.25, 0.3) is 0 Å². The Morgan fingerprint density at radius 1 is 1.06 bits per heavy atom. The van der Waals surface area contributed by atoms with E-state index in [1.165, 1.54) is 56.9 Å². The van der Waals surface area contributed by atoms with Crippen LogP contribution >= 0.6 is 0 Å². The average Bonchev–Trinajstić information content (AvgIpc) is 3.10. The third-order valence-electron chi connectivity index (χ3n) is 10.9. The van der Waals surface area contributed by atoms with Crippen molar-refractivity contribution in [3.05, 3.63) is 11.6 Å². The lowest BCUT2D eigenvalue weighted by Gasteiger charge is -2.58. The van der Waals surface area contributed by atoms with E-state index in [-0.39, 0.29) is 11.5 Å². The number of ether oxygens (including phenoxy) is 1. The van der Waals surface area contributed by atoms with Gasteiger partial charge in [0.15, 0.2) is 0 Å². The van der Waals surface area contributed by atoms with Crippen molar-refractivity contribution in [3.63, 3.8) is 0 Å². The molecular formula is C30H48O4. The fourth-order valence-corrected chi connectivity index (χ4v) is 9.10. The highest BCUT2D eigenvalue weighted by atomic mass is 16.5. The van der Waals surface area contributed by atoms with Crippen LogP contribution in [0, 0.1) is 46.3 Å². The van der Waals surface area contributed by atoms with E-state index < -0.39 is 18.4 Å². The quantitative estimate of drug-likeness (QED) is 0.227. The summed E-state index contributed by atoms with van der Waals surface area (Å²) in [5.41, 5.74) is 2.21. The molecular weight excluding hydrogens is 424 g/mol. The van der Waals surface area contributed by atoms with Gasteiger partial charge in [-0.15, -0.1) is 0 Å². The van der Waals surface area contributed by atoms with E-state index in [2.05, 4.69) is 40.7 Å². The number of fused-ring (bicyclic) bond motifs is 5. The molecule has 0 aromatic rings. The molecule has 3 saturated carbocycles. The number of carbonyl (C=O) groups excluding carboxylic acids is 1. The van der Waals surface area contributed by atoms with Gasteiger partial charge in [0.1, 0.15) is 12.5 Å². The minimum Gasteiger partial charge on any atom is -0.481 e. The number of carboxylic acids is 1. The van der Waals surface area contributed by atoms with Crippen LogP contribution in [0.5, 0.6) is 0 Å². The van der Waals surface area contributed by atoms with Gasteiger partial charge in [-0.05, 0) is 91.3 Å². The van der Waals surface area contributed by atoms with Crippen LogP contribution in [0.1, 0.15) is 112 Å². The van der Waals surface area contributed by atoms with Crippen molar-refractivity contribution in [3.8, 4) is 0 Å². The maximum atomic E-state index is 11.9. The van der Waals surface area contributed by atoms with E-state index in [1.54, 1.807) is 0 Å². The van der Waals surface area contributed by atoms with Crippen LogP contribution in [-0.2, 0) is 14.3 Å². The first-order valence-corrected chi connectivity index (χ1v) is 14.2. The first-order valence-electron chi connectivity index (χ1n) is 14.2. The molecule has 0 bridgehead atoms. The smallest absolute Gasteiger partial charge is 0.317 e. The number of hydrogen-bond donors (Lipinski definition) is 1. The van der Waals surface area contributed by atoms with Crippen LogP contribution in [0.15, 0.2) is 11.6 Å². The van der Waals surface area contributed by atoms with Crippen molar-refractivity contribution < 1.29 is 19.4 Å². The number of allylic oxidation sites excluding steroid dienone is 1. The molecule has 192 valence electrons. The first-order chi connectivity index (χ1) is 16.0. The van der Waals surface area contributed by atoms with Gasteiger partial charge < -0.3 is 9.84 Å². The molecule has 0 saturated heterocycles. The molecule has 0 aromatic carbocycles. The lowest BCUT2D eigenvalue weighted by molar-refractivity contribution is -0.157. The predicted molar refractivity (Wildman–Crippen MR) is 135 cm³/mol. The van der Waals surface area contributed by atoms with Crippen molar-refractivity contribution in [2.24, 2.45) is 46.3 Å². The van der Waals surface area contributed by atoms with E-state index in [4.69, 9.17) is 9.84 Å². The molecule has 0 spiro atoms. The van der Waals surface area contributed by atoms with Gasteiger partial charge in [0.2, 0.25) is 0 Å². The minimum absolute atomic E-state index is 0.154. The summed E-state index contributed by atoms with van der Waals surface area (Å²) in [4.78, 5) is 22.7. The monoisotopic (exact) mass is 472 g/mol. The van der Waals surface area contributed by atoms with Crippen LogP contribution in [0.4, 0.5) is 0 Å². The Bertz CT molecular complexity index is 800. The number of carboxylic acid groups (broad SMARTS) is 1. The van der Waals surface area contributed by atoms with Crippen molar-refractivity contribution >= 4 is 11.9 Å². The van der Waals surface area contributed by atoms with Crippen LogP contribution in [0.2, 0.25) is 0 Å². The van der Waals surface area contributed by atoms with Gasteiger partial charge in [-0.25, -0.2) is 0 Å². The summed E-state index contributed by atoms with van der Waals surface area (Å²) in [6.45, 7) is 12.4. The van der Waals surface area contributed by atoms with Crippen molar-refractivity contribution in [2.75, 3.05) is 0 Å². The second-order valence-electron chi connectivity index (χ2n) is 13.2. The Balaban J connectivity index is 1.43. The molecule has 0 aromatic heterocycles. The highest BCUT2D eigenvalue weighted by molar-refractivity contribution is 5.90. The molecule has 4 rings (SSSR count). The highest BCUT2D eigenvalue weighted by Gasteiger charge is 2.59. The summed E-state index contributed by atoms with van der Waals surface area (Å²) >= 11 is 0. The zero-order valence-electron chi connectivity index (χ0n) is 22.3. The zero-order valence-corrected chi connectivity index (χ0v) is 22.3. The van der Waals surface area contributed by atoms with Crippen LogP contribution < -0.4 is 0 Å². The Hall–Kier alpha value is -1.32. The van der Waals surface area contributed by atoms with Crippen LogP contribution in [0.3, 0.4) is 0 Å². The Morgan fingerprint density at radius 3 is 2.53 bits per heavy atom. The second kappa shape index (κ2) is 9.97. The van der Waals surface area contributed by atoms with E-state index in [1.807, 2.05) is 0 Å². The maximum Gasteiger partial charge on any atom is 0.317 e. The van der Waals surface area contributed by atoms with Crippen LogP contribution in [-0.4, -0.2) is 23.1 Å². The summed E-state index contributed by atoms with van der Waals surface area (Å²) in [5.74, 6) is 3.23. The third-order valence-corrected chi connectivity index (χ3v) is 10.9. The standard InChI is InChI=1S/C30H48O4/c1-19(2)7-6-8-20(3)24-11-12-25-23-10-9-21-17-22(34-28(33)18-27(31)32)13-15-29(21,4)26(23)14-16-30(24,25)5/h9,19-20,22-26H,6-8,10-18H2,1-5H3,(H,31,32)/t20-,22+,23+,24?,25+,26+,29+,30-/m1/s1. The van der Waals surface area contributed by atoms with Gasteiger partial charge in [-0.3, -0.25) is 9.59 Å². The van der Waals surface area contributed by atoms with Gasteiger partial charge in [-0.2, -0.15) is 0 Å². The molecule has 0 heterocycles. The number of esters is 1. The maximum absolute atomic E-state index is 11.9. The summed E-state index contributed by atoms with van der Waals surface area (Å²) in [7, 11) is 0. The highest BCUT2D eigenvalue weighted by Crippen LogP contribution is 2.67. The fourth-order valence-electron chi connectivity index (χ4n) is 9.10. The Morgan fingerprint density at radius 2 is 1.82 bits per heavy atom. The van der Waals surface area contributed by atoms with E-state index in [9.17, 15) is 9.59 Å². The summed E-state index contributed by atoms with van der Waals surface area (Å²) in [5, 5.41) is 8.87. The molecule has 0 aliphatic heterocycles. The molecule has 4 aliphatic rings. The fraction of sp³-hybridized carbons (Fsp3) is 0.867. The van der Waals surface area contributed by atoms with Crippen molar-refractivity contribution in [2.45, 2.75) is 118 Å². The molecule has 3 fully saturated rings. The molecule has 0 amide bonds. The largest absolute Gasteiger partial charge is 0.481 e. The van der Waals surface area contributed by atoms with Crippen molar-refractivity contribution in [1.29, 1.82) is 0 Å². The van der Waals surface area contributed by atoms with Gasteiger partial charge in [0.05, 0.1) is 0 Å². The lowest BCUT2D eigenvalue weighted by atomic mass is 9.47. The summed E-state index contributed by atoms with van der Waals surface area (Å²) < 4.78 is 5.54. The number of hydrogen-bond acceptors (Lipinski definition) is 3. The molecule has 8 atom stereocenters. The van der Waals surface area contributed by atoms with E-state index in [0.29, 0.717) is 5.41 Å². The van der Waals surface area contributed by atoms with Gasteiger partial charge in [-0.1, -0.05) is 65.5 Å². The first kappa shape index (κ1) is 25.8. The second-order valence-corrected chi connectivity index (χ2v) is 13.2. The van der Waals surface area contributed by atoms with E-state index in [0.717, 1.165) is 54.8 Å². The average molecular weight is 473 g/mol. The van der Waals surface area contributed by atoms with Gasteiger partial charge >= 0.3 is 11.9 Å². The molecule has 4 aliphatic carbocycles. The van der Waals surface area contributed by atoms with Gasteiger partial charge in [0, 0.05) is 6.42 Å². The predicted octanol–water partition coefficient (Wildman–Crippen LogP) is 7.41. The van der Waals surface area contributed by atoms with Crippen molar-refractivity contribution in [1.82, 2.24) is 0 Å². The minimum atomic E-state index is -1.11. The Labute approximate surface area is 207 Å². The molecule has 4 heteroatoms. The summed E-state index contributed by atoms with van der Waals surface area (Å²) in [6.07, 6.45) is 15.4. The molecule has 34 heavy (non-hydrogen) atoms. The number of carbonyl (C=O) groups is 2. The molecule has 1 unspecified atom stereocenters. The lowest BCUT2D eigenvalue weighted by Crippen LogP contribution is -2.51. The van der Waals surface area contributed by atoms with E-state index >= 15 is 0 Å².